The van der Waals surface area contributed by atoms with Crippen molar-refractivity contribution in [3.8, 4) is 5.75 Å². The van der Waals surface area contributed by atoms with Gasteiger partial charge in [-0.3, -0.25) is 14.4 Å². The molecule has 0 aliphatic carbocycles. The number of nitrogens with one attached hydrogen (secondary N) is 1. The Bertz CT molecular complexity index is 692. The summed E-state index contributed by atoms with van der Waals surface area (Å²) in [4.78, 5) is 14.8. The molecule has 1 aliphatic heterocycles. The van der Waals surface area contributed by atoms with Gasteiger partial charge in [-0.05, 0) is 32.0 Å². The molecule has 6 nitrogen and oxygen atoms in total. The fourth-order valence-corrected chi connectivity index (χ4v) is 3.26. The van der Waals surface area contributed by atoms with Gasteiger partial charge in [0.25, 0.3) is 5.91 Å². The van der Waals surface area contributed by atoms with Crippen LogP contribution in [-0.2, 0) is 7.05 Å². The summed E-state index contributed by atoms with van der Waals surface area (Å²) in [5.41, 5.74) is 1.70. The first-order valence-electron chi connectivity index (χ1n) is 8.33. The van der Waals surface area contributed by atoms with Gasteiger partial charge in [-0.2, -0.15) is 5.10 Å². The highest BCUT2D eigenvalue weighted by Gasteiger charge is 2.26. The van der Waals surface area contributed by atoms with Crippen molar-refractivity contribution >= 4 is 5.91 Å². The zero-order valence-corrected chi connectivity index (χ0v) is 14.2. The first kappa shape index (κ1) is 16.5. The summed E-state index contributed by atoms with van der Waals surface area (Å²) in [6.07, 6.45) is 5.71. The molecule has 0 spiro atoms. The van der Waals surface area contributed by atoms with Crippen LogP contribution in [0, 0.1) is 0 Å². The number of carbonyl (C=O) groups excluding carboxylic acids is 1. The highest BCUT2D eigenvalue weighted by Crippen LogP contribution is 2.31. The highest BCUT2D eigenvalue weighted by atomic mass is 16.5. The molecule has 3 rings (SSSR count). The van der Waals surface area contributed by atoms with E-state index >= 15 is 0 Å². The smallest absolute Gasteiger partial charge is 0.254 e. The lowest BCUT2D eigenvalue weighted by Gasteiger charge is -2.29. The summed E-state index contributed by atoms with van der Waals surface area (Å²) >= 11 is 0. The molecule has 6 heteroatoms. The Hall–Kier alpha value is -2.34. The minimum Gasteiger partial charge on any atom is -0.496 e. The normalized spacial score (nSPS) is 16.1. The quantitative estimate of drug-likeness (QED) is 0.881. The van der Waals surface area contributed by atoms with Gasteiger partial charge in [-0.25, -0.2) is 0 Å². The number of methoxy groups -OCH3 is 1. The molecule has 1 saturated heterocycles. The van der Waals surface area contributed by atoms with Gasteiger partial charge in [0.2, 0.25) is 0 Å². The number of aryl methyl sites for hydroxylation is 1. The Kier molecular flexibility index (Phi) is 5.15. The van der Waals surface area contributed by atoms with E-state index < -0.39 is 0 Å². The number of nitrogens with zero attached hydrogens (tertiary/aromatic N) is 3. The van der Waals surface area contributed by atoms with E-state index in [4.69, 9.17) is 4.74 Å². The van der Waals surface area contributed by atoms with E-state index in [9.17, 15) is 4.79 Å². The van der Waals surface area contributed by atoms with Crippen molar-refractivity contribution < 1.29 is 9.53 Å². The van der Waals surface area contributed by atoms with E-state index in [0.717, 1.165) is 24.4 Å². The molecule has 1 aliphatic rings. The molecule has 1 aromatic carbocycles. The van der Waals surface area contributed by atoms with Gasteiger partial charge in [0.1, 0.15) is 5.75 Å². The lowest BCUT2D eigenvalue weighted by Crippen LogP contribution is -2.37. The topological polar surface area (TPSA) is 59.4 Å². The molecular weight excluding hydrogens is 304 g/mol. The van der Waals surface area contributed by atoms with Gasteiger partial charge in [0.15, 0.2) is 0 Å². The van der Waals surface area contributed by atoms with Crippen molar-refractivity contribution in [2.24, 2.45) is 7.05 Å². The predicted molar refractivity (Wildman–Crippen MR) is 92.1 cm³/mol. The van der Waals surface area contributed by atoms with Crippen molar-refractivity contribution in [3.05, 3.63) is 47.8 Å². The van der Waals surface area contributed by atoms with Crippen LogP contribution in [0.5, 0.6) is 5.75 Å². The Morgan fingerprint density at radius 1 is 1.33 bits per heavy atom. The third kappa shape index (κ3) is 3.59. The molecule has 0 radical (unpaired) electrons. The zero-order chi connectivity index (χ0) is 16.9. The van der Waals surface area contributed by atoms with Crippen LogP contribution in [0.3, 0.4) is 0 Å². The van der Waals surface area contributed by atoms with Crippen LogP contribution >= 0.6 is 0 Å². The first-order valence-corrected chi connectivity index (χ1v) is 8.33. The maximum atomic E-state index is 12.3. The number of likely N-dealkylation sites (tertiary alicyclic amines) is 1. The van der Waals surface area contributed by atoms with Gasteiger partial charge in [-0.1, -0.05) is 18.2 Å². The van der Waals surface area contributed by atoms with Crippen molar-refractivity contribution in [1.82, 2.24) is 20.0 Å². The van der Waals surface area contributed by atoms with E-state index in [0.29, 0.717) is 12.1 Å². The standard InChI is InChI=1S/C18H24N4O2/c1-21-13-14(11-20-21)18(23)19-12-16(22-9-5-6-10-22)15-7-3-4-8-17(15)24-2/h3-4,7-8,11,13,16H,5-6,9-10,12H2,1-2H3,(H,19,23). The molecule has 24 heavy (non-hydrogen) atoms. The average Bonchev–Trinajstić information content (AvgIpc) is 3.27. The van der Waals surface area contributed by atoms with E-state index in [2.05, 4.69) is 21.4 Å². The first-order chi connectivity index (χ1) is 11.7. The summed E-state index contributed by atoms with van der Waals surface area (Å²) in [5.74, 6) is 0.771. The number of carbonyl (C=O) groups is 1. The summed E-state index contributed by atoms with van der Waals surface area (Å²) in [6.45, 7) is 2.64. The second-order valence-corrected chi connectivity index (χ2v) is 6.11. The molecule has 1 aromatic heterocycles. The summed E-state index contributed by atoms with van der Waals surface area (Å²) in [5, 5.41) is 7.10. The average molecular weight is 328 g/mol. The summed E-state index contributed by atoms with van der Waals surface area (Å²) in [7, 11) is 3.49. The van der Waals surface area contributed by atoms with Gasteiger partial charge < -0.3 is 10.1 Å². The van der Waals surface area contributed by atoms with E-state index in [1.807, 2.05) is 18.2 Å². The monoisotopic (exact) mass is 328 g/mol. The second kappa shape index (κ2) is 7.49. The molecule has 2 aromatic rings. The van der Waals surface area contributed by atoms with Crippen LogP contribution < -0.4 is 10.1 Å². The molecule has 1 unspecified atom stereocenters. The Labute approximate surface area is 142 Å². The molecule has 128 valence electrons. The van der Waals surface area contributed by atoms with E-state index in [-0.39, 0.29) is 11.9 Å². The lowest BCUT2D eigenvalue weighted by atomic mass is 10.0. The van der Waals surface area contributed by atoms with Gasteiger partial charge in [0, 0.05) is 25.4 Å². The number of amides is 1. The molecule has 0 saturated carbocycles. The number of hydrogen-bond acceptors (Lipinski definition) is 4. The molecular formula is C18H24N4O2. The number of benzene rings is 1. The Balaban J connectivity index is 1.76. The molecule has 1 amide bonds. The third-order valence-electron chi connectivity index (χ3n) is 4.50. The number of ether oxygens (including phenoxy) is 1. The van der Waals surface area contributed by atoms with Crippen molar-refractivity contribution in [2.75, 3.05) is 26.7 Å². The predicted octanol–water partition coefficient (Wildman–Crippen LogP) is 2.00. The van der Waals surface area contributed by atoms with Crippen LogP contribution in [-0.4, -0.2) is 47.3 Å². The van der Waals surface area contributed by atoms with Gasteiger partial charge in [-0.15, -0.1) is 0 Å². The van der Waals surface area contributed by atoms with Crippen molar-refractivity contribution in [1.29, 1.82) is 0 Å². The fraction of sp³-hybridized carbons (Fsp3) is 0.444. The Morgan fingerprint density at radius 3 is 2.75 bits per heavy atom. The largest absolute Gasteiger partial charge is 0.496 e. The maximum Gasteiger partial charge on any atom is 0.254 e. The molecule has 0 bridgehead atoms. The minimum absolute atomic E-state index is 0.0952. The minimum atomic E-state index is -0.0952. The summed E-state index contributed by atoms with van der Waals surface area (Å²) < 4.78 is 7.16. The molecule has 1 fully saturated rings. The molecule has 1 N–H and O–H groups in total. The van der Waals surface area contributed by atoms with Gasteiger partial charge >= 0.3 is 0 Å². The van der Waals surface area contributed by atoms with Crippen LogP contribution in [0.15, 0.2) is 36.7 Å². The molecule has 2 heterocycles. The summed E-state index contributed by atoms with van der Waals surface area (Å²) in [6, 6.07) is 8.16. The third-order valence-corrected chi connectivity index (χ3v) is 4.50. The number of para-hydroxylation sites is 1. The lowest BCUT2D eigenvalue weighted by molar-refractivity contribution is 0.0937. The van der Waals surface area contributed by atoms with Crippen molar-refractivity contribution in [3.63, 3.8) is 0 Å². The van der Waals surface area contributed by atoms with Crippen LogP contribution in [0.4, 0.5) is 0 Å². The van der Waals surface area contributed by atoms with Crippen LogP contribution in [0.1, 0.15) is 34.8 Å². The number of rotatable bonds is 6. The van der Waals surface area contributed by atoms with Gasteiger partial charge in [0.05, 0.1) is 24.9 Å². The Morgan fingerprint density at radius 2 is 2.08 bits per heavy atom. The van der Waals surface area contributed by atoms with Crippen molar-refractivity contribution in [2.45, 2.75) is 18.9 Å². The zero-order valence-electron chi connectivity index (χ0n) is 14.2. The maximum absolute atomic E-state index is 12.3. The van der Waals surface area contributed by atoms with Crippen LogP contribution in [0.25, 0.3) is 0 Å². The second-order valence-electron chi connectivity index (χ2n) is 6.11. The highest BCUT2D eigenvalue weighted by molar-refractivity contribution is 5.93. The number of aromatic nitrogens is 2. The fourth-order valence-electron chi connectivity index (χ4n) is 3.26. The van der Waals surface area contributed by atoms with Crippen LogP contribution in [0.2, 0.25) is 0 Å². The molecule has 1 atom stereocenters. The SMILES string of the molecule is COc1ccccc1C(CNC(=O)c1cnn(C)c1)N1CCCC1. The van der Waals surface area contributed by atoms with E-state index in [1.54, 1.807) is 31.2 Å². The van der Waals surface area contributed by atoms with E-state index in [1.165, 1.54) is 12.8 Å². The number of hydrogen-bond donors (Lipinski definition) is 1.